The van der Waals surface area contributed by atoms with E-state index in [0.717, 1.165) is 22.1 Å². The summed E-state index contributed by atoms with van der Waals surface area (Å²) in [5.41, 5.74) is 2.49. The predicted molar refractivity (Wildman–Crippen MR) is 117 cm³/mol. The molecule has 5 rings (SSSR count). The van der Waals surface area contributed by atoms with Gasteiger partial charge in [-0.05, 0) is 51.5 Å². The van der Waals surface area contributed by atoms with Crippen LogP contribution in [0.2, 0.25) is 0 Å². The Hall–Kier alpha value is -3.58. The summed E-state index contributed by atoms with van der Waals surface area (Å²) < 4.78 is 58.6. The Bertz CT molecular complexity index is 1600. The van der Waals surface area contributed by atoms with Crippen LogP contribution in [-0.2, 0) is 0 Å². The van der Waals surface area contributed by atoms with Crippen LogP contribution in [0.15, 0.2) is 109 Å². The highest BCUT2D eigenvalue weighted by Crippen LogP contribution is 2.35. The lowest BCUT2D eigenvalue weighted by molar-refractivity contribution is 1.57. The number of rotatable bonds is 3. The van der Waals surface area contributed by atoms with Crippen molar-refractivity contribution >= 4 is 32.9 Å². The van der Waals surface area contributed by atoms with Crippen molar-refractivity contribution < 1.29 is 9.60 Å². The summed E-state index contributed by atoms with van der Waals surface area (Å²) in [7, 11) is 0. The van der Waals surface area contributed by atoms with Gasteiger partial charge in [0, 0.05) is 16.8 Å². The van der Waals surface area contributed by atoms with Crippen molar-refractivity contribution in [3.8, 4) is 11.1 Å². The van der Waals surface area contributed by atoms with Crippen LogP contribution in [0, 0.1) is 0 Å². The van der Waals surface area contributed by atoms with Crippen molar-refractivity contribution in [2.24, 2.45) is 0 Å². The first kappa shape index (κ1) is 9.94. The summed E-state index contributed by atoms with van der Waals surface area (Å²) in [5.74, 6) is 0. The van der Waals surface area contributed by atoms with E-state index in [1.807, 2.05) is 60.7 Å². The van der Waals surface area contributed by atoms with Crippen LogP contribution in [0.5, 0.6) is 0 Å². The number of hydrogen-bond acceptors (Lipinski definition) is 1. The Morgan fingerprint density at radius 2 is 1.37 bits per heavy atom. The van der Waals surface area contributed by atoms with Gasteiger partial charge in [-0.2, -0.15) is 0 Å². The van der Waals surface area contributed by atoms with Gasteiger partial charge in [0.1, 0.15) is 0 Å². The van der Waals surface area contributed by atoms with Crippen molar-refractivity contribution in [1.29, 1.82) is 0 Å². The van der Waals surface area contributed by atoms with Crippen LogP contribution in [0.4, 0.5) is 11.4 Å². The molecule has 0 saturated heterocycles. The summed E-state index contributed by atoms with van der Waals surface area (Å²) in [4.78, 5) is 0. The fraction of sp³-hybridized carbons (Fsp3) is 0. The molecular weight excluding hydrogens is 326 g/mol. The molecule has 0 aromatic heterocycles. The highest BCUT2D eigenvalue weighted by Gasteiger charge is 2.08. The molecule has 0 spiro atoms. The molecular formula is C26H19N. The predicted octanol–water partition coefficient (Wildman–Crippen LogP) is 7.40. The molecule has 0 bridgehead atoms. The maximum Gasteiger partial charge on any atom is 0.0636 e. The summed E-state index contributed by atoms with van der Waals surface area (Å²) in [6, 6.07) is 18.5. The molecule has 27 heavy (non-hydrogen) atoms. The van der Waals surface area contributed by atoms with E-state index < -0.39 is 18.1 Å². The SMILES string of the molecule is [2H]c1c([2H])c([2H])c2c([2H])c(-c3ccc(Nc4ccccc4)c4ccccc34)c([2H])c([2H])c2c1[2H]. The first-order valence-corrected chi connectivity index (χ1v) is 8.65. The van der Waals surface area contributed by atoms with E-state index in [4.69, 9.17) is 9.60 Å². The van der Waals surface area contributed by atoms with Gasteiger partial charge >= 0.3 is 0 Å². The number of hydrogen-bond donors (Lipinski definition) is 1. The van der Waals surface area contributed by atoms with Gasteiger partial charge in [0.05, 0.1) is 9.60 Å². The third kappa shape index (κ3) is 2.94. The molecule has 0 saturated carbocycles. The smallest absolute Gasteiger partial charge is 0.0636 e. The van der Waals surface area contributed by atoms with Gasteiger partial charge in [-0.1, -0.05) is 84.8 Å². The van der Waals surface area contributed by atoms with E-state index in [-0.39, 0.29) is 40.5 Å². The van der Waals surface area contributed by atoms with E-state index in [1.165, 1.54) is 0 Å². The number of para-hydroxylation sites is 1. The maximum atomic E-state index is 8.86. The molecule has 5 aromatic carbocycles. The maximum absolute atomic E-state index is 8.86. The lowest BCUT2D eigenvalue weighted by Crippen LogP contribution is -1.92. The van der Waals surface area contributed by atoms with Gasteiger partial charge in [0.25, 0.3) is 0 Å². The van der Waals surface area contributed by atoms with Crippen molar-refractivity contribution in [3.63, 3.8) is 0 Å². The van der Waals surface area contributed by atoms with E-state index in [1.54, 1.807) is 6.07 Å². The van der Waals surface area contributed by atoms with E-state index in [0.29, 0.717) is 5.56 Å². The van der Waals surface area contributed by atoms with Crippen molar-refractivity contribution in [2.45, 2.75) is 0 Å². The molecule has 0 amide bonds. The van der Waals surface area contributed by atoms with Crippen LogP contribution in [0.1, 0.15) is 9.60 Å². The minimum Gasteiger partial charge on any atom is -0.355 e. The standard InChI is InChI=1S/C26H19N/c1-2-10-22(11-3-1)27-26-17-16-23(24-12-6-7-13-25(24)26)21-15-14-19-8-4-5-9-20(19)18-21/h1-18,27H/i4D,5D,8D,9D,14D,15D,18D. The molecule has 0 radical (unpaired) electrons. The van der Waals surface area contributed by atoms with Crippen LogP contribution in [0.3, 0.4) is 0 Å². The Morgan fingerprint density at radius 1 is 0.630 bits per heavy atom. The molecule has 1 N–H and O–H groups in total. The molecule has 0 atom stereocenters. The average molecular weight is 352 g/mol. The lowest BCUT2D eigenvalue weighted by atomic mass is 9.95. The zero-order valence-corrected chi connectivity index (χ0v) is 14.4. The monoisotopic (exact) mass is 352 g/mol. The quantitative estimate of drug-likeness (QED) is 0.356. The van der Waals surface area contributed by atoms with Crippen molar-refractivity contribution in [1.82, 2.24) is 0 Å². The topological polar surface area (TPSA) is 12.0 Å². The third-order valence-corrected chi connectivity index (χ3v) is 4.50. The fourth-order valence-corrected chi connectivity index (χ4v) is 3.22. The zero-order chi connectivity index (χ0) is 24.1. The van der Waals surface area contributed by atoms with Gasteiger partial charge in [0.15, 0.2) is 0 Å². The summed E-state index contributed by atoms with van der Waals surface area (Å²) in [6.07, 6.45) is 0. The van der Waals surface area contributed by atoms with Crippen LogP contribution in [-0.4, -0.2) is 0 Å². The number of anilines is 2. The lowest BCUT2D eigenvalue weighted by Gasteiger charge is -2.14. The Morgan fingerprint density at radius 3 is 2.22 bits per heavy atom. The highest BCUT2D eigenvalue weighted by molar-refractivity contribution is 6.05. The fourth-order valence-electron chi connectivity index (χ4n) is 3.22. The van der Waals surface area contributed by atoms with Crippen LogP contribution in [0.25, 0.3) is 32.7 Å². The molecule has 1 nitrogen and oxygen atoms in total. The Balaban J connectivity index is 1.82. The number of nitrogens with one attached hydrogen (secondary N) is 1. The van der Waals surface area contributed by atoms with Gasteiger partial charge < -0.3 is 5.32 Å². The third-order valence-electron chi connectivity index (χ3n) is 4.50. The minimum atomic E-state index is -0.473. The number of benzene rings is 5. The van der Waals surface area contributed by atoms with Gasteiger partial charge in [-0.25, -0.2) is 0 Å². The highest BCUT2D eigenvalue weighted by atomic mass is 14.9. The zero-order valence-electron chi connectivity index (χ0n) is 21.4. The van der Waals surface area contributed by atoms with E-state index in [9.17, 15) is 0 Å². The molecule has 0 fully saturated rings. The van der Waals surface area contributed by atoms with Crippen molar-refractivity contribution in [3.05, 3.63) is 109 Å². The average Bonchev–Trinajstić information content (AvgIpc) is 2.85. The Kier molecular flexibility index (Phi) is 2.44. The van der Waals surface area contributed by atoms with Gasteiger partial charge in [-0.15, -0.1) is 0 Å². The second-order valence-corrected chi connectivity index (χ2v) is 6.20. The molecule has 128 valence electrons. The second kappa shape index (κ2) is 6.62. The van der Waals surface area contributed by atoms with Crippen molar-refractivity contribution in [2.75, 3.05) is 5.32 Å². The normalized spacial score (nSPS) is 14.6. The molecule has 0 heterocycles. The molecule has 0 aliphatic rings. The van der Waals surface area contributed by atoms with Gasteiger partial charge in [-0.3, -0.25) is 0 Å². The summed E-state index contributed by atoms with van der Waals surface area (Å²) in [5, 5.41) is 4.88. The summed E-state index contributed by atoms with van der Waals surface area (Å²) >= 11 is 0. The number of fused-ring (bicyclic) bond motifs is 2. The first-order chi connectivity index (χ1) is 16.3. The largest absolute Gasteiger partial charge is 0.355 e. The van der Waals surface area contributed by atoms with Crippen LogP contribution < -0.4 is 5.32 Å². The van der Waals surface area contributed by atoms with E-state index >= 15 is 0 Å². The molecule has 1 heteroatoms. The molecule has 0 aliphatic carbocycles. The summed E-state index contributed by atoms with van der Waals surface area (Å²) in [6.45, 7) is 0. The molecule has 0 aliphatic heterocycles. The Labute approximate surface area is 168 Å². The first-order valence-electron chi connectivity index (χ1n) is 12.1. The molecule has 0 unspecified atom stereocenters. The molecule has 5 aromatic rings. The van der Waals surface area contributed by atoms with Crippen LogP contribution >= 0.6 is 0 Å². The minimum absolute atomic E-state index is 0.0439. The van der Waals surface area contributed by atoms with Gasteiger partial charge in [0.2, 0.25) is 0 Å². The second-order valence-electron chi connectivity index (χ2n) is 6.20. The van der Waals surface area contributed by atoms with E-state index in [2.05, 4.69) is 5.32 Å².